The molecule has 2 aromatic rings. The van der Waals surface area contributed by atoms with Crippen molar-refractivity contribution in [1.29, 1.82) is 0 Å². The first-order valence-electron chi connectivity index (χ1n) is 8.96. The third-order valence-corrected chi connectivity index (χ3v) is 5.06. The minimum atomic E-state index is -0.391. The Balaban J connectivity index is 1.87. The van der Waals surface area contributed by atoms with Gasteiger partial charge in [0.1, 0.15) is 11.4 Å². The lowest BCUT2D eigenvalue weighted by Crippen LogP contribution is -2.40. The molecule has 0 bridgehead atoms. The van der Waals surface area contributed by atoms with Gasteiger partial charge in [-0.3, -0.25) is 9.59 Å². The molecule has 1 fully saturated rings. The highest BCUT2D eigenvalue weighted by atomic mass is 35.5. The molecule has 2 amide bonds. The van der Waals surface area contributed by atoms with Crippen molar-refractivity contribution in [2.45, 2.75) is 0 Å². The van der Waals surface area contributed by atoms with Crippen LogP contribution in [0.25, 0.3) is 5.57 Å². The summed E-state index contributed by atoms with van der Waals surface area (Å²) >= 11 is 6.10. The Morgan fingerprint density at radius 1 is 1.00 bits per heavy atom. The number of imide groups is 1. The molecule has 2 aliphatic rings. The zero-order chi connectivity index (χ0) is 19.7. The first kappa shape index (κ1) is 18.5. The maximum Gasteiger partial charge on any atom is 0.282 e. The fourth-order valence-corrected chi connectivity index (χ4v) is 3.73. The van der Waals surface area contributed by atoms with Crippen LogP contribution in [0.3, 0.4) is 0 Å². The van der Waals surface area contributed by atoms with E-state index in [1.165, 1.54) is 4.90 Å². The number of anilines is 1. The Kier molecular flexibility index (Phi) is 5.07. The zero-order valence-electron chi connectivity index (χ0n) is 15.4. The Morgan fingerprint density at radius 3 is 2.46 bits per heavy atom. The van der Waals surface area contributed by atoms with E-state index in [0.717, 1.165) is 0 Å². The number of methoxy groups -OCH3 is 1. The molecule has 0 radical (unpaired) electrons. The molecule has 6 nitrogen and oxygen atoms in total. The lowest BCUT2D eigenvalue weighted by Gasteiger charge is -2.29. The second-order valence-corrected chi connectivity index (χ2v) is 6.89. The molecule has 0 saturated carbocycles. The van der Waals surface area contributed by atoms with Crippen molar-refractivity contribution in [3.05, 3.63) is 64.8 Å². The molecule has 7 heteroatoms. The van der Waals surface area contributed by atoms with Gasteiger partial charge in [0.2, 0.25) is 0 Å². The lowest BCUT2D eigenvalue weighted by atomic mass is 10.0. The second kappa shape index (κ2) is 7.66. The van der Waals surface area contributed by atoms with Gasteiger partial charge in [0.15, 0.2) is 0 Å². The van der Waals surface area contributed by atoms with Crippen molar-refractivity contribution >= 4 is 34.7 Å². The van der Waals surface area contributed by atoms with E-state index in [9.17, 15) is 9.59 Å². The average Bonchev–Trinajstić information content (AvgIpc) is 2.98. The minimum Gasteiger partial charge on any atom is -0.496 e. The Hall–Kier alpha value is -2.83. The molecule has 0 spiro atoms. The summed E-state index contributed by atoms with van der Waals surface area (Å²) < 4.78 is 10.9. The maximum absolute atomic E-state index is 13.4. The predicted octanol–water partition coefficient (Wildman–Crippen LogP) is 2.97. The number of hydrogen-bond acceptors (Lipinski definition) is 5. The van der Waals surface area contributed by atoms with Crippen molar-refractivity contribution in [1.82, 2.24) is 4.90 Å². The van der Waals surface area contributed by atoms with Gasteiger partial charge in [-0.05, 0) is 24.3 Å². The van der Waals surface area contributed by atoms with Gasteiger partial charge in [-0.2, -0.15) is 0 Å². The SMILES string of the molecule is COc1ccccc1C1=C(N2CCOCC2)C(=O)N(c2cccc(Cl)c2)C1=O. The molecule has 28 heavy (non-hydrogen) atoms. The third kappa shape index (κ3) is 3.15. The first-order valence-corrected chi connectivity index (χ1v) is 9.34. The van der Waals surface area contributed by atoms with E-state index in [4.69, 9.17) is 21.1 Å². The summed E-state index contributed by atoms with van der Waals surface area (Å²) in [6.45, 7) is 2.08. The summed E-state index contributed by atoms with van der Waals surface area (Å²) in [5.74, 6) is -0.217. The normalized spacial score (nSPS) is 17.5. The van der Waals surface area contributed by atoms with Crippen molar-refractivity contribution in [2.75, 3.05) is 38.3 Å². The molecule has 4 rings (SSSR count). The largest absolute Gasteiger partial charge is 0.496 e. The summed E-state index contributed by atoms with van der Waals surface area (Å²) in [6.07, 6.45) is 0. The maximum atomic E-state index is 13.4. The van der Waals surface area contributed by atoms with Gasteiger partial charge in [0.25, 0.3) is 11.8 Å². The van der Waals surface area contributed by atoms with Crippen molar-refractivity contribution < 1.29 is 19.1 Å². The number of amides is 2. The van der Waals surface area contributed by atoms with Crippen LogP contribution in [-0.4, -0.2) is 50.1 Å². The molecule has 0 aliphatic carbocycles. The number of ether oxygens (including phenoxy) is 2. The Morgan fingerprint density at radius 2 is 1.75 bits per heavy atom. The van der Waals surface area contributed by atoms with Gasteiger partial charge >= 0.3 is 0 Å². The molecule has 2 aromatic carbocycles. The second-order valence-electron chi connectivity index (χ2n) is 6.45. The van der Waals surface area contributed by atoms with Crippen LogP contribution < -0.4 is 9.64 Å². The fourth-order valence-electron chi connectivity index (χ4n) is 3.54. The van der Waals surface area contributed by atoms with E-state index in [0.29, 0.717) is 59.6 Å². The summed E-state index contributed by atoms with van der Waals surface area (Å²) in [7, 11) is 1.55. The first-order chi connectivity index (χ1) is 13.6. The number of para-hydroxylation sites is 1. The van der Waals surface area contributed by atoms with E-state index >= 15 is 0 Å². The molecule has 0 atom stereocenters. The van der Waals surface area contributed by atoms with Gasteiger partial charge in [0, 0.05) is 23.7 Å². The third-order valence-electron chi connectivity index (χ3n) is 4.83. The van der Waals surface area contributed by atoms with Crippen LogP contribution >= 0.6 is 11.6 Å². The molecular weight excluding hydrogens is 380 g/mol. The van der Waals surface area contributed by atoms with Crippen LogP contribution in [0.5, 0.6) is 5.75 Å². The molecule has 0 unspecified atom stereocenters. The highest BCUT2D eigenvalue weighted by Gasteiger charge is 2.43. The molecule has 144 valence electrons. The lowest BCUT2D eigenvalue weighted by molar-refractivity contribution is -0.121. The number of halogens is 1. The number of rotatable bonds is 4. The van der Waals surface area contributed by atoms with E-state index in [1.807, 2.05) is 17.0 Å². The van der Waals surface area contributed by atoms with Crippen molar-refractivity contribution in [2.24, 2.45) is 0 Å². The number of benzene rings is 2. The Labute approximate surface area is 167 Å². The van der Waals surface area contributed by atoms with Crippen LogP contribution in [0, 0.1) is 0 Å². The smallest absolute Gasteiger partial charge is 0.282 e. The highest BCUT2D eigenvalue weighted by molar-refractivity contribution is 6.46. The summed E-state index contributed by atoms with van der Waals surface area (Å²) in [4.78, 5) is 29.9. The number of hydrogen-bond donors (Lipinski definition) is 0. The van der Waals surface area contributed by atoms with Gasteiger partial charge in [-0.25, -0.2) is 4.90 Å². The molecular formula is C21H19ClN2O4. The predicted molar refractivity (Wildman–Crippen MR) is 106 cm³/mol. The monoisotopic (exact) mass is 398 g/mol. The topological polar surface area (TPSA) is 59.1 Å². The molecule has 2 aliphatic heterocycles. The van der Waals surface area contributed by atoms with Gasteiger partial charge < -0.3 is 14.4 Å². The van der Waals surface area contributed by atoms with Crippen LogP contribution in [0.4, 0.5) is 5.69 Å². The molecule has 2 heterocycles. The van der Waals surface area contributed by atoms with Gasteiger partial charge in [0.05, 0.1) is 31.6 Å². The van der Waals surface area contributed by atoms with Crippen molar-refractivity contribution in [3.8, 4) is 5.75 Å². The van der Waals surface area contributed by atoms with Crippen LogP contribution in [0.1, 0.15) is 5.56 Å². The summed E-state index contributed by atoms with van der Waals surface area (Å²) in [5, 5.41) is 0.455. The van der Waals surface area contributed by atoms with Crippen LogP contribution in [0.2, 0.25) is 5.02 Å². The number of carbonyl (C=O) groups is 2. The van der Waals surface area contributed by atoms with E-state index in [-0.39, 0.29) is 5.91 Å². The highest BCUT2D eigenvalue weighted by Crippen LogP contribution is 2.38. The molecule has 0 aromatic heterocycles. The van der Waals surface area contributed by atoms with Gasteiger partial charge in [-0.15, -0.1) is 0 Å². The number of morpholine rings is 1. The Bertz CT molecular complexity index is 966. The average molecular weight is 399 g/mol. The van der Waals surface area contributed by atoms with Crippen molar-refractivity contribution in [3.63, 3.8) is 0 Å². The fraction of sp³-hybridized carbons (Fsp3) is 0.238. The number of nitrogens with zero attached hydrogens (tertiary/aromatic N) is 2. The van der Waals surface area contributed by atoms with Gasteiger partial charge in [-0.1, -0.05) is 35.9 Å². The van der Waals surface area contributed by atoms with E-state index in [2.05, 4.69) is 0 Å². The number of carbonyl (C=O) groups excluding carboxylic acids is 2. The van der Waals surface area contributed by atoms with Crippen LogP contribution in [-0.2, 0) is 14.3 Å². The zero-order valence-corrected chi connectivity index (χ0v) is 16.1. The minimum absolute atomic E-state index is 0.337. The molecule has 1 saturated heterocycles. The van der Waals surface area contributed by atoms with E-state index < -0.39 is 5.91 Å². The summed E-state index contributed by atoms with van der Waals surface area (Å²) in [6, 6.07) is 13.9. The molecule has 0 N–H and O–H groups in total. The summed E-state index contributed by atoms with van der Waals surface area (Å²) in [5.41, 5.74) is 1.75. The van der Waals surface area contributed by atoms with E-state index in [1.54, 1.807) is 43.5 Å². The standard InChI is InChI=1S/C21H19ClN2O4/c1-27-17-8-3-2-7-16(17)18-19(23-9-11-28-12-10-23)21(26)24(20(18)25)15-6-4-5-14(22)13-15/h2-8,13H,9-12H2,1H3. The quantitative estimate of drug-likeness (QED) is 0.741. The van der Waals surface area contributed by atoms with Crippen LogP contribution in [0.15, 0.2) is 54.2 Å².